The summed E-state index contributed by atoms with van der Waals surface area (Å²) in [7, 11) is 0. The number of nitrogens with one attached hydrogen (secondary N) is 1. The second kappa shape index (κ2) is 7.23. The van der Waals surface area contributed by atoms with Crippen LogP contribution in [-0.2, 0) is 11.3 Å². The topological polar surface area (TPSA) is 76.9 Å². The van der Waals surface area contributed by atoms with Crippen molar-refractivity contribution in [2.24, 2.45) is 0 Å². The number of rotatable bonds is 4. The van der Waals surface area contributed by atoms with E-state index in [0.29, 0.717) is 15.3 Å². The normalized spacial score (nSPS) is 11.2. The van der Waals surface area contributed by atoms with Crippen molar-refractivity contribution < 1.29 is 4.79 Å². The summed E-state index contributed by atoms with van der Waals surface area (Å²) in [6.45, 7) is -0.109. The Morgan fingerprint density at radius 1 is 1.07 bits per heavy atom. The molecule has 0 saturated carbocycles. The molecule has 142 valence electrons. The van der Waals surface area contributed by atoms with Crippen molar-refractivity contribution in [3.8, 4) is 11.3 Å². The van der Waals surface area contributed by atoms with Gasteiger partial charge in [0.2, 0.25) is 5.91 Å². The lowest BCUT2D eigenvalue weighted by Gasteiger charge is -2.05. The highest BCUT2D eigenvalue weighted by atomic mass is 32.1. The number of fused-ring (bicyclic) bond motifs is 2. The van der Waals surface area contributed by atoms with Crippen molar-refractivity contribution in [3.63, 3.8) is 0 Å². The van der Waals surface area contributed by atoms with Gasteiger partial charge in [0.05, 0.1) is 17.4 Å². The molecule has 0 aliphatic carbocycles. The first-order valence-corrected chi connectivity index (χ1v) is 10.6. The fourth-order valence-electron chi connectivity index (χ4n) is 3.13. The van der Waals surface area contributed by atoms with E-state index in [1.807, 2.05) is 29.0 Å². The standard InChI is InChI=1S/C21H14N4O2S2/c26-18(10-25-12-22-19-16(20(25)27)7-8-28-19)24-21-23-17(11-29-21)15-6-5-13-3-1-2-4-14(13)9-15/h1-9,11-12H,10H2,(H,23,24,26). The van der Waals surface area contributed by atoms with Gasteiger partial charge in [-0.2, -0.15) is 0 Å². The minimum Gasteiger partial charge on any atom is -0.300 e. The molecule has 29 heavy (non-hydrogen) atoms. The van der Waals surface area contributed by atoms with E-state index >= 15 is 0 Å². The van der Waals surface area contributed by atoms with E-state index in [9.17, 15) is 9.59 Å². The maximum absolute atomic E-state index is 12.4. The Morgan fingerprint density at radius 2 is 1.93 bits per heavy atom. The Morgan fingerprint density at radius 3 is 2.83 bits per heavy atom. The summed E-state index contributed by atoms with van der Waals surface area (Å²) < 4.78 is 1.31. The maximum Gasteiger partial charge on any atom is 0.262 e. The lowest BCUT2D eigenvalue weighted by molar-refractivity contribution is -0.116. The van der Waals surface area contributed by atoms with Gasteiger partial charge in [0.15, 0.2) is 5.13 Å². The zero-order valence-electron chi connectivity index (χ0n) is 15.0. The highest BCUT2D eigenvalue weighted by Gasteiger charge is 2.12. The average Bonchev–Trinajstić information content (AvgIpc) is 3.40. The van der Waals surface area contributed by atoms with Crippen LogP contribution in [0.2, 0.25) is 0 Å². The summed E-state index contributed by atoms with van der Waals surface area (Å²) in [5, 5.41) is 9.82. The third-order valence-corrected chi connectivity index (χ3v) is 6.14. The van der Waals surface area contributed by atoms with E-state index < -0.39 is 0 Å². The van der Waals surface area contributed by atoms with E-state index in [0.717, 1.165) is 16.6 Å². The zero-order valence-corrected chi connectivity index (χ0v) is 16.7. The summed E-state index contributed by atoms with van der Waals surface area (Å²) in [5.41, 5.74) is 1.57. The van der Waals surface area contributed by atoms with E-state index in [4.69, 9.17) is 0 Å². The van der Waals surface area contributed by atoms with Crippen LogP contribution < -0.4 is 10.9 Å². The van der Waals surface area contributed by atoms with Crippen molar-refractivity contribution in [2.45, 2.75) is 6.54 Å². The number of anilines is 1. The molecule has 0 aliphatic rings. The number of thiophene rings is 1. The van der Waals surface area contributed by atoms with Crippen LogP contribution in [0.4, 0.5) is 5.13 Å². The zero-order chi connectivity index (χ0) is 19.8. The van der Waals surface area contributed by atoms with Crippen molar-refractivity contribution in [3.05, 3.63) is 76.0 Å². The smallest absolute Gasteiger partial charge is 0.262 e. The van der Waals surface area contributed by atoms with Gasteiger partial charge in [0, 0.05) is 10.9 Å². The Balaban J connectivity index is 1.34. The first-order valence-electron chi connectivity index (χ1n) is 8.84. The monoisotopic (exact) mass is 418 g/mol. The van der Waals surface area contributed by atoms with Gasteiger partial charge in [-0.15, -0.1) is 22.7 Å². The highest BCUT2D eigenvalue weighted by Crippen LogP contribution is 2.27. The number of nitrogens with zero attached hydrogens (tertiary/aromatic N) is 3. The summed E-state index contributed by atoms with van der Waals surface area (Å²) in [5.74, 6) is -0.317. The highest BCUT2D eigenvalue weighted by molar-refractivity contribution is 7.16. The van der Waals surface area contributed by atoms with Gasteiger partial charge in [-0.05, 0) is 28.3 Å². The van der Waals surface area contributed by atoms with Crippen molar-refractivity contribution >= 4 is 54.7 Å². The third-order valence-electron chi connectivity index (χ3n) is 4.56. The molecule has 0 bridgehead atoms. The van der Waals surface area contributed by atoms with Gasteiger partial charge in [-0.3, -0.25) is 14.2 Å². The summed E-state index contributed by atoms with van der Waals surface area (Å²) in [6, 6.07) is 16.0. The number of thiazole rings is 1. The molecule has 3 heterocycles. The molecule has 1 N–H and O–H groups in total. The van der Waals surface area contributed by atoms with E-state index in [2.05, 4.69) is 39.6 Å². The molecule has 3 aromatic heterocycles. The first kappa shape index (κ1) is 17.7. The molecular weight excluding hydrogens is 404 g/mol. The van der Waals surface area contributed by atoms with Crippen LogP contribution in [0.3, 0.4) is 0 Å². The molecule has 6 nitrogen and oxygen atoms in total. The Bertz CT molecular complexity index is 1420. The first-order chi connectivity index (χ1) is 14.2. The molecule has 0 fully saturated rings. The summed E-state index contributed by atoms with van der Waals surface area (Å²) >= 11 is 2.75. The Kier molecular flexibility index (Phi) is 4.42. The van der Waals surface area contributed by atoms with Crippen LogP contribution in [0.5, 0.6) is 0 Å². The van der Waals surface area contributed by atoms with Gasteiger partial charge in [-0.1, -0.05) is 36.4 Å². The van der Waals surface area contributed by atoms with E-state index in [-0.39, 0.29) is 18.0 Å². The molecule has 0 atom stereocenters. The second-order valence-corrected chi connectivity index (χ2v) is 8.22. The number of amides is 1. The Labute approximate surface area is 173 Å². The lowest BCUT2D eigenvalue weighted by atomic mass is 10.1. The summed E-state index contributed by atoms with van der Waals surface area (Å²) in [6.07, 6.45) is 1.41. The molecule has 0 unspecified atom stereocenters. The number of carbonyl (C=O) groups excluding carboxylic acids is 1. The van der Waals surface area contributed by atoms with Crippen LogP contribution in [0, 0.1) is 0 Å². The van der Waals surface area contributed by atoms with Crippen LogP contribution in [0.1, 0.15) is 0 Å². The molecule has 1 amide bonds. The SMILES string of the molecule is O=C(Cn1cnc2sccc2c1=O)Nc1nc(-c2ccc3ccccc3c2)cs1. The minimum absolute atomic E-state index is 0.109. The van der Waals surface area contributed by atoms with Gasteiger partial charge < -0.3 is 5.32 Å². The van der Waals surface area contributed by atoms with Crippen LogP contribution in [0.15, 0.2) is 70.4 Å². The molecule has 0 radical (unpaired) electrons. The fourth-order valence-corrected chi connectivity index (χ4v) is 4.59. The van der Waals surface area contributed by atoms with Gasteiger partial charge in [-0.25, -0.2) is 9.97 Å². The van der Waals surface area contributed by atoms with Crippen molar-refractivity contribution in [2.75, 3.05) is 5.32 Å². The van der Waals surface area contributed by atoms with Crippen molar-refractivity contribution in [1.29, 1.82) is 0 Å². The minimum atomic E-state index is -0.317. The molecule has 0 saturated heterocycles. The summed E-state index contributed by atoms with van der Waals surface area (Å²) in [4.78, 5) is 34.2. The van der Waals surface area contributed by atoms with E-state index in [1.165, 1.54) is 39.0 Å². The lowest BCUT2D eigenvalue weighted by Crippen LogP contribution is -2.27. The molecule has 5 aromatic rings. The van der Waals surface area contributed by atoms with Crippen LogP contribution in [-0.4, -0.2) is 20.4 Å². The molecule has 0 aliphatic heterocycles. The number of hydrogen-bond donors (Lipinski definition) is 1. The van der Waals surface area contributed by atoms with Crippen LogP contribution >= 0.6 is 22.7 Å². The van der Waals surface area contributed by atoms with Crippen molar-refractivity contribution in [1.82, 2.24) is 14.5 Å². The predicted molar refractivity (Wildman–Crippen MR) is 118 cm³/mol. The number of aromatic nitrogens is 3. The molecule has 8 heteroatoms. The second-order valence-electron chi connectivity index (χ2n) is 6.47. The number of carbonyl (C=O) groups is 1. The van der Waals surface area contributed by atoms with Crippen LogP contribution in [0.25, 0.3) is 32.2 Å². The maximum atomic E-state index is 12.4. The third kappa shape index (κ3) is 3.43. The molecule has 0 spiro atoms. The van der Waals surface area contributed by atoms with Gasteiger partial charge in [0.1, 0.15) is 11.4 Å². The fraction of sp³-hybridized carbons (Fsp3) is 0.0476. The van der Waals surface area contributed by atoms with Gasteiger partial charge in [0.25, 0.3) is 5.56 Å². The molecule has 2 aromatic carbocycles. The Hall–Kier alpha value is -3.36. The number of benzene rings is 2. The van der Waals surface area contributed by atoms with E-state index in [1.54, 1.807) is 6.07 Å². The predicted octanol–water partition coefficient (Wildman–Crippen LogP) is 4.37. The molecule has 5 rings (SSSR count). The largest absolute Gasteiger partial charge is 0.300 e. The molecular formula is C21H14N4O2S2. The quantitative estimate of drug-likeness (QED) is 0.470. The average molecular weight is 419 g/mol. The van der Waals surface area contributed by atoms with Gasteiger partial charge >= 0.3 is 0 Å². The number of hydrogen-bond acceptors (Lipinski definition) is 6.